The van der Waals surface area contributed by atoms with Gasteiger partial charge in [-0.05, 0) is 60.4 Å². The van der Waals surface area contributed by atoms with Crippen molar-refractivity contribution in [1.29, 1.82) is 0 Å². The van der Waals surface area contributed by atoms with E-state index in [4.69, 9.17) is 4.74 Å². The fourth-order valence-electron chi connectivity index (χ4n) is 4.47. The van der Waals surface area contributed by atoms with Crippen LogP contribution >= 0.6 is 11.3 Å². The van der Waals surface area contributed by atoms with Crippen LogP contribution in [0.5, 0.6) is 5.75 Å². The van der Waals surface area contributed by atoms with Gasteiger partial charge in [0.1, 0.15) is 5.75 Å². The fourth-order valence-corrected chi connectivity index (χ4v) is 5.27. The number of ether oxygens (including phenoxy) is 1. The molecule has 3 saturated heterocycles. The van der Waals surface area contributed by atoms with Crippen LogP contribution in [0.4, 0.5) is 0 Å². The van der Waals surface area contributed by atoms with Gasteiger partial charge in [-0.3, -0.25) is 14.6 Å². The molecular weight excluding hydrogens is 356 g/mol. The molecule has 2 bridgehead atoms. The number of thiophene rings is 1. The molecule has 1 aromatic carbocycles. The van der Waals surface area contributed by atoms with E-state index < -0.39 is 0 Å². The summed E-state index contributed by atoms with van der Waals surface area (Å²) < 4.78 is 5.27. The maximum absolute atomic E-state index is 11.6. The third-order valence-corrected chi connectivity index (χ3v) is 6.93. The molecule has 1 aromatic heterocycles. The van der Waals surface area contributed by atoms with Crippen molar-refractivity contribution in [2.75, 3.05) is 26.7 Å². The van der Waals surface area contributed by atoms with Crippen LogP contribution in [0, 0.1) is 5.92 Å². The lowest BCUT2D eigenvalue weighted by Crippen LogP contribution is -2.43. The first-order valence-electron chi connectivity index (χ1n) is 9.78. The lowest BCUT2D eigenvalue weighted by molar-refractivity contribution is 0.102. The first-order chi connectivity index (χ1) is 13.1. The number of Topliss-reactive ketones (excluding diaryl/α,β-unsaturated/α-hetero) is 1. The third-order valence-electron chi connectivity index (χ3n) is 5.85. The molecule has 0 N–H and O–H groups in total. The number of rotatable bonds is 6. The fraction of sp³-hybridized carbons (Fsp3) is 0.500. The molecule has 2 aromatic rings. The number of nitrogens with zero attached hydrogens (tertiary/aromatic N) is 2. The molecule has 3 aliphatic heterocycles. The van der Waals surface area contributed by atoms with E-state index in [2.05, 4.69) is 45.5 Å². The Bertz CT molecular complexity index is 786. The molecule has 0 saturated carbocycles. The number of hydrogen-bond donors (Lipinski definition) is 0. The van der Waals surface area contributed by atoms with Gasteiger partial charge < -0.3 is 4.74 Å². The standard InChI is InChI=1S/C22H28N2O2S/c1-16(25)22-9-19(15-27-22)13-24-12-18-3-6-20(24)14-23(11-18)10-17-4-7-21(26-2)8-5-17/h4-5,7-9,15,18,20H,3,6,10-14H2,1-2H3/t18-,20+/m0/s1. The zero-order chi connectivity index (χ0) is 18.8. The summed E-state index contributed by atoms with van der Waals surface area (Å²) in [5.41, 5.74) is 2.65. The topological polar surface area (TPSA) is 32.8 Å². The van der Waals surface area contributed by atoms with Crippen LogP contribution in [-0.2, 0) is 13.1 Å². The molecular formula is C22H28N2O2S. The van der Waals surface area contributed by atoms with E-state index in [9.17, 15) is 4.79 Å². The zero-order valence-electron chi connectivity index (χ0n) is 16.2. The van der Waals surface area contributed by atoms with Gasteiger partial charge in [-0.15, -0.1) is 11.3 Å². The van der Waals surface area contributed by atoms with Gasteiger partial charge in [0, 0.05) is 38.8 Å². The average Bonchev–Trinajstić information content (AvgIpc) is 2.97. The molecule has 2 atom stereocenters. The lowest BCUT2D eigenvalue weighted by atomic mass is 9.94. The Kier molecular flexibility index (Phi) is 5.62. The predicted octanol–water partition coefficient (Wildman–Crippen LogP) is 4.06. The van der Waals surface area contributed by atoms with Gasteiger partial charge in [0.2, 0.25) is 0 Å². The van der Waals surface area contributed by atoms with Gasteiger partial charge >= 0.3 is 0 Å². The van der Waals surface area contributed by atoms with E-state index in [0.717, 1.165) is 36.2 Å². The molecule has 0 radical (unpaired) electrons. The highest BCUT2D eigenvalue weighted by molar-refractivity contribution is 7.12. The summed E-state index contributed by atoms with van der Waals surface area (Å²) in [4.78, 5) is 17.7. The van der Waals surface area contributed by atoms with Crippen molar-refractivity contribution in [3.63, 3.8) is 0 Å². The highest BCUT2D eigenvalue weighted by atomic mass is 32.1. The van der Waals surface area contributed by atoms with E-state index in [1.165, 1.54) is 37.1 Å². The molecule has 0 spiro atoms. The number of piperidine rings is 1. The summed E-state index contributed by atoms with van der Waals surface area (Å²) in [5, 5.41) is 2.16. The van der Waals surface area contributed by atoms with Crippen molar-refractivity contribution >= 4 is 17.1 Å². The highest BCUT2D eigenvalue weighted by Crippen LogP contribution is 2.31. The largest absolute Gasteiger partial charge is 0.497 e. The van der Waals surface area contributed by atoms with Crippen molar-refractivity contribution in [1.82, 2.24) is 9.80 Å². The molecule has 5 heteroatoms. The summed E-state index contributed by atoms with van der Waals surface area (Å²) in [7, 11) is 1.71. The number of carbonyl (C=O) groups is 1. The Hall–Kier alpha value is -1.69. The van der Waals surface area contributed by atoms with Gasteiger partial charge in [0.15, 0.2) is 5.78 Å². The van der Waals surface area contributed by atoms with Crippen molar-refractivity contribution in [3.05, 3.63) is 51.7 Å². The van der Waals surface area contributed by atoms with Crippen molar-refractivity contribution in [2.24, 2.45) is 5.92 Å². The number of benzene rings is 1. The second kappa shape index (κ2) is 8.13. The SMILES string of the molecule is COc1ccc(CN2C[C@@H]3CC[C@H](C2)N(Cc2csc(C(C)=O)c2)C3)cc1. The predicted molar refractivity (Wildman–Crippen MR) is 110 cm³/mol. The number of methoxy groups -OCH3 is 1. The molecule has 4 nitrogen and oxygen atoms in total. The van der Waals surface area contributed by atoms with Crippen LogP contribution in [0.1, 0.15) is 40.6 Å². The van der Waals surface area contributed by atoms with E-state index >= 15 is 0 Å². The number of hydrogen-bond acceptors (Lipinski definition) is 5. The number of fused-ring (bicyclic) bond motifs is 4. The molecule has 3 fully saturated rings. The van der Waals surface area contributed by atoms with Gasteiger partial charge in [0.25, 0.3) is 0 Å². The summed E-state index contributed by atoms with van der Waals surface area (Å²) >= 11 is 1.58. The van der Waals surface area contributed by atoms with Crippen molar-refractivity contribution < 1.29 is 9.53 Å². The maximum Gasteiger partial charge on any atom is 0.169 e. The Morgan fingerprint density at radius 2 is 1.93 bits per heavy atom. The average molecular weight is 385 g/mol. The normalized spacial score (nSPS) is 23.3. The van der Waals surface area contributed by atoms with Gasteiger partial charge in [-0.25, -0.2) is 0 Å². The van der Waals surface area contributed by atoms with E-state index in [1.54, 1.807) is 25.4 Å². The van der Waals surface area contributed by atoms with Crippen molar-refractivity contribution in [3.8, 4) is 5.75 Å². The molecule has 0 aliphatic carbocycles. The van der Waals surface area contributed by atoms with E-state index in [0.29, 0.717) is 6.04 Å². The Morgan fingerprint density at radius 3 is 2.63 bits per heavy atom. The lowest BCUT2D eigenvalue weighted by Gasteiger charge is -2.36. The smallest absolute Gasteiger partial charge is 0.169 e. The first-order valence-corrected chi connectivity index (χ1v) is 10.7. The van der Waals surface area contributed by atoms with Crippen LogP contribution in [0.2, 0.25) is 0 Å². The molecule has 27 heavy (non-hydrogen) atoms. The van der Waals surface area contributed by atoms with Crippen LogP contribution < -0.4 is 4.74 Å². The molecule has 4 heterocycles. The molecule has 3 aliphatic rings. The van der Waals surface area contributed by atoms with E-state index in [1.807, 2.05) is 0 Å². The Balaban J connectivity index is 1.41. The van der Waals surface area contributed by atoms with Crippen LogP contribution in [-0.4, -0.2) is 48.4 Å². The summed E-state index contributed by atoms with van der Waals surface area (Å²) in [5.74, 6) is 1.84. The molecule has 144 valence electrons. The molecule has 5 rings (SSSR count). The second-order valence-corrected chi connectivity index (χ2v) is 8.86. The zero-order valence-corrected chi connectivity index (χ0v) is 17.0. The molecule has 0 amide bonds. The summed E-state index contributed by atoms with van der Waals surface area (Å²) in [6.07, 6.45) is 2.62. The van der Waals surface area contributed by atoms with Crippen LogP contribution in [0.3, 0.4) is 0 Å². The van der Waals surface area contributed by atoms with Gasteiger partial charge in [-0.1, -0.05) is 12.1 Å². The summed E-state index contributed by atoms with van der Waals surface area (Å²) in [6.45, 7) is 7.13. The minimum Gasteiger partial charge on any atom is -0.497 e. The maximum atomic E-state index is 11.6. The van der Waals surface area contributed by atoms with Crippen LogP contribution in [0.15, 0.2) is 35.7 Å². The Labute approximate surface area is 165 Å². The minimum atomic E-state index is 0.175. The van der Waals surface area contributed by atoms with E-state index in [-0.39, 0.29) is 5.78 Å². The van der Waals surface area contributed by atoms with Crippen LogP contribution in [0.25, 0.3) is 0 Å². The first kappa shape index (κ1) is 18.7. The quantitative estimate of drug-likeness (QED) is 0.703. The molecule has 0 unspecified atom stereocenters. The monoisotopic (exact) mass is 384 g/mol. The summed E-state index contributed by atoms with van der Waals surface area (Å²) in [6, 6.07) is 11.2. The number of ketones is 1. The van der Waals surface area contributed by atoms with Gasteiger partial charge in [-0.2, -0.15) is 0 Å². The number of carbonyl (C=O) groups excluding carboxylic acids is 1. The minimum absolute atomic E-state index is 0.175. The van der Waals surface area contributed by atoms with Crippen molar-refractivity contribution in [2.45, 2.75) is 38.9 Å². The highest BCUT2D eigenvalue weighted by Gasteiger charge is 2.34. The Morgan fingerprint density at radius 1 is 1.11 bits per heavy atom. The third kappa shape index (κ3) is 4.42. The van der Waals surface area contributed by atoms with Gasteiger partial charge in [0.05, 0.1) is 12.0 Å². The second-order valence-electron chi connectivity index (χ2n) is 7.94.